The number of hydrogen-bond donors (Lipinski definition) is 1. The van der Waals surface area contributed by atoms with Crippen LogP contribution >= 0.6 is 0 Å². The topological polar surface area (TPSA) is 80.1 Å². The Labute approximate surface area is 192 Å². The van der Waals surface area contributed by atoms with E-state index < -0.39 is 0 Å². The van der Waals surface area contributed by atoms with Crippen molar-refractivity contribution >= 4 is 17.6 Å². The van der Waals surface area contributed by atoms with Gasteiger partial charge in [0.1, 0.15) is 17.3 Å². The molecule has 4 rings (SSSR count). The molecule has 0 bridgehead atoms. The lowest BCUT2D eigenvalue weighted by atomic mass is 9.98. The average molecular weight is 450 g/mol. The molecule has 3 heterocycles. The molecule has 3 aromatic rings. The summed E-state index contributed by atoms with van der Waals surface area (Å²) in [7, 11) is 0. The average Bonchev–Trinajstić information content (AvgIpc) is 3.18. The van der Waals surface area contributed by atoms with Crippen molar-refractivity contribution in [3.8, 4) is 22.4 Å². The van der Waals surface area contributed by atoms with Crippen LogP contribution in [0.5, 0.6) is 0 Å². The summed E-state index contributed by atoms with van der Waals surface area (Å²) in [5, 5.41) is 7.68. The van der Waals surface area contributed by atoms with E-state index in [2.05, 4.69) is 10.3 Å². The van der Waals surface area contributed by atoms with Crippen molar-refractivity contribution in [3.05, 3.63) is 54.1 Å². The normalized spacial score (nSPS) is 13.0. The highest BCUT2D eigenvalue weighted by atomic mass is 19.1. The summed E-state index contributed by atoms with van der Waals surface area (Å²) >= 11 is 0. The van der Waals surface area contributed by atoms with Crippen LogP contribution in [0, 0.1) is 5.82 Å². The third-order valence-corrected chi connectivity index (χ3v) is 5.71. The van der Waals surface area contributed by atoms with E-state index >= 15 is 0 Å². The first kappa shape index (κ1) is 22.6. The number of nitrogens with one attached hydrogen (secondary N) is 1. The Kier molecular flexibility index (Phi) is 6.82. The van der Waals surface area contributed by atoms with Crippen LogP contribution in [0.1, 0.15) is 45.2 Å². The molecular formula is C25H28FN5O2. The monoisotopic (exact) mass is 449 g/mol. The lowest BCUT2D eigenvalue weighted by Crippen LogP contribution is -2.38. The number of halogens is 1. The number of pyridine rings is 1. The zero-order chi connectivity index (χ0) is 23.4. The largest absolute Gasteiger partial charge is 0.335 e. The van der Waals surface area contributed by atoms with Gasteiger partial charge in [-0.2, -0.15) is 5.10 Å². The van der Waals surface area contributed by atoms with Crippen LogP contribution in [0.25, 0.3) is 22.4 Å². The molecule has 7 nitrogen and oxygen atoms in total. The maximum atomic E-state index is 13.6. The SMILES string of the molecule is CCCC(=O)Nc1cc(-c2c(-c3ccc(F)cc3)nn3c2CN(C(=O)CCC)CC3)ccn1. The second-order valence-corrected chi connectivity index (χ2v) is 8.19. The third-order valence-electron chi connectivity index (χ3n) is 5.71. The Morgan fingerprint density at radius 3 is 2.52 bits per heavy atom. The van der Waals surface area contributed by atoms with Gasteiger partial charge in [0.25, 0.3) is 0 Å². The number of carbonyl (C=O) groups is 2. The van der Waals surface area contributed by atoms with E-state index in [4.69, 9.17) is 5.10 Å². The van der Waals surface area contributed by atoms with E-state index in [1.165, 1.54) is 12.1 Å². The Morgan fingerprint density at radius 1 is 1.03 bits per heavy atom. The first-order valence-electron chi connectivity index (χ1n) is 11.4. The zero-order valence-corrected chi connectivity index (χ0v) is 19.0. The molecule has 1 aromatic carbocycles. The predicted molar refractivity (Wildman–Crippen MR) is 125 cm³/mol. The molecule has 0 radical (unpaired) electrons. The summed E-state index contributed by atoms with van der Waals surface area (Å²) in [4.78, 5) is 30.9. The fourth-order valence-corrected chi connectivity index (χ4v) is 4.10. The van der Waals surface area contributed by atoms with E-state index in [1.807, 2.05) is 35.6 Å². The number of rotatable bonds is 7. The molecule has 1 N–H and O–H groups in total. The minimum Gasteiger partial charge on any atom is -0.335 e. The highest BCUT2D eigenvalue weighted by molar-refractivity contribution is 5.91. The van der Waals surface area contributed by atoms with Crippen molar-refractivity contribution in [1.29, 1.82) is 0 Å². The highest BCUT2D eigenvalue weighted by Crippen LogP contribution is 2.37. The van der Waals surface area contributed by atoms with Gasteiger partial charge in [0.2, 0.25) is 11.8 Å². The number of amides is 2. The molecule has 8 heteroatoms. The lowest BCUT2D eigenvalue weighted by Gasteiger charge is -2.28. The lowest BCUT2D eigenvalue weighted by molar-refractivity contribution is -0.132. The number of anilines is 1. The number of nitrogens with zero attached hydrogens (tertiary/aromatic N) is 4. The molecule has 0 saturated heterocycles. The van der Waals surface area contributed by atoms with Crippen molar-refractivity contribution in [2.75, 3.05) is 11.9 Å². The number of aromatic nitrogens is 3. The molecule has 172 valence electrons. The molecule has 0 aliphatic carbocycles. The quantitative estimate of drug-likeness (QED) is 0.570. The molecule has 0 fully saturated rings. The summed E-state index contributed by atoms with van der Waals surface area (Å²) in [6.07, 6.45) is 4.13. The van der Waals surface area contributed by atoms with Gasteiger partial charge in [-0.1, -0.05) is 13.8 Å². The summed E-state index contributed by atoms with van der Waals surface area (Å²) < 4.78 is 15.5. The number of hydrogen-bond acceptors (Lipinski definition) is 4. The molecule has 1 aliphatic heterocycles. The zero-order valence-electron chi connectivity index (χ0n) is 19.0. The molecule has 0 atom stereocenters. The minimum absolute atomic E-state index is 0.0886. The van der Waals surface area contributed by atoms with Crippen LogP contribution < -0.4 is 5.32 Å². The van der Waals surface area contributed by atoms with Gasteiger partial charge in [0, 0.05) is 36.7 Å². The second-order valence-electron chi connectivity index (χ2n) is 8.19. The maximum Gasteiger partial charge on any atom is 0.225 e. The Hall–Kier alpha value is -3.55. The highest BCUT2D eigenvalue weighted by Gasteiger charge is 2.28. The summed E-state index contributed by atoms with van der Waals surface area (Å²) in [5.74, 6) is 0.187. The maximum absolute atomic E-state index is 13.6. The van der Waals surface area contributed by atoms with Gasteiger partial charge in [-0.3, -0.25) is 14.3 Å². The van der Waals surface area contributed by atoms with Crippen molar-refractivity contribution in [1.82, 2.24) is 19.7 Å². The van der Waals surface area contributed by atoms with E-state index in [-0.39, 0.29) is 17.6 Å². The fourth-order valence-electron chi connectivity index (χ4n) is 4.10. The van der Waals surface area contributed by atoms with Crippen LogP contribution in [0.4, 0.5) is 10.2 Å². The van der Waals surface area contributed by atoms with Crippen LogP contribution in [0.3, 0.4) is 0 Å². The molecule has 1 aliphatic rings. The van der Waals surface area contributed by atoms with E-state index in [0.29, 0.717) is 44.0 Å². The standard InChI is InChI=1S/C25H28FN5O2/c1-3-5-22(32)28-21-15-18(11-12-27-21)24-20-16-30(23(33)6-4-2)13-14-31(20)29-25(24)17-7-9-19(26)10-8-17/h7-12,15H,3-6,13-14,16H2,1-2H3,(H,27,28,32). The second kappa shape index (κ2) is 9.94. The first-order chi connectivity index (χ1) is 16.0. The van der Waals surface area contributed by atoms with E-state index in [0.717, 1.165) is 35.2 Å². The fraction of sp³-hybridized carbons (Fsp3) is 0.360. The Morgan fingerprint density at radius 2 is 1.79 bits per heavy atom. The molecular weight excluding hydrogens is 421 g/mol. The van der Waals surface area contributed by atoms with E-state index in [9.17, 15) is 14.0 Å². The summed E-state index contributed by atoms with van der Waals surface area (Å²) in [6.45, 7) is 5.58. The molecule has 0 unspecified atom stereocenters. The first-order valence-corrected chi connectivity index (χ1v) is 11.4. The number of benzene rings is 1. The number of fused-ring (bicyclic) bond motifs is 1. The molecule has 2 amide bonds. The Bertz CT molecular complexity index is 1160. The van der Waals surface area contributed by atoms with Crippen molar-refractivity contribution < 1.29 is 14.0 Å². The van der Waals surface area contributed by atoms with Crippen LogP contribution in [-0.4, -0.2) is 38.0 Å². The van der Waals surface area contributed by atoms with E-state index in [1.54, 1.807) is 18.3 Å². The molecule has 2 aromatic heterocycles. The van der Waals surface area contributed by atoms with Gasteiger partial charge in [-0.15, -0.1) is 0 Å². The minimum atomic E-state index is -0.314. The summed E-state index contributed by atoms with van der Waals surface area (Å²) in [5.41, 5.74) is 4.12. The molecule has 0 spiro atoms. The molecule has 0 saturated carbocycles. The summed E-state index contributed by atoms with van der Waals surface area (Å²) in [6, 6.07) is 9.93. The predicted octanol–water partition coefficient (Wildman–Crippen LogP) is 4.63. The van der Waals surface area contributed by atoms with Gasteiger partial charge in [-0.25, -0.2) is 9.37 Å². The van der Waals surface area contributed by atoms with Crippen molar-refractivity contribution in [2.45, 2.75) is 52.6 Å². The van der Waals surface area contributed by atoms with Crippen LogP contribution in [0.15, 0.2) is 42.6 Å². The molecule has 33 heavy (non-hydrogen) atoms. The van der Waals surface area contributed by atoms with Gasteiger partial charge in [0.05, 0.1) is 18.8 Å². The van der Waals surface area contributed by atoms with Gasteiger partial charge >= 0.3 is 0 Å². The smallest absolute Gasteiger partial charge is 0.225 e. The van der Waals surface area contributed by atoms with Crippen molar-refractivity contribution in [3.63, 3.8) is 0 Å². The van der Waals surface area contributed by atoms with Crippen LogP contribution in [0.2, 0.25) is 0 Å². The number of carbonyl (C=O) groups excluding carboxylic acids is 2. The van der Waals surface area contributed by atoms with Crippen LogP contribution in [-0.2, 0) is 22.7 Å². The van der Waals surface area contributed by atoms with Gasteiger partial charge in [0.15, 0.2) is 0 Å². The van der Waals surface area contributed by atoms with Gasteiger partial charge < -0.3 is 10.2 Å². The Balaban J connectivity index is 1.79. The van der Waals surface area contributed by atoms with Gasteiger partial charge in [-0.05, 0) is 54.8 Å². The van der Waals surface area contributed by atoms with Crippen molar-refractivity contribution in [2.24, 2.45) is 0 Å². The third kappa shape index (κ3) is 4.94.